The molecule has 0 amide bonds. The zero-order valence-corrected chi connectivity index (χ0v) is 11.8. The largest absolute Gasteiger partial charge is 0.381 e. The third kappa shape index (κ3) is 3.33. The Labute approximate surface area is 111 Å². The van der Waals surface area contributed by atoms with Crippen molar-refractivity contribution in [3.63, 3.8) is 0 Å². The van der Waals surface area contributed by atoms with E-state index in [0.29, 0.717) is 18.2 Å². The molecule has 2 nitrogen and oxygen atoms in total. The fourth-order valence-electron chi connectivity index (χ4n) is 2.84. The van der Waals surface area contributed by atoms with Crippen molar-refractivity contribution in [2.24, 2.45) is 0 Å². The van der Waals surface area contributed by atoms with Crippen LogP contribution >= 0.6 is 0 Å². The second-order valence-electron chi connectivity index (χ2n) is 5.41. The van der Waals surface area contributed by atoms with Crippen molar-refractivity contribution in [1.82, 2.24) is 5.32 Å². The summed E-state index contributed by atoms with van der Waals surface area (Å²) in [5.41, 5.74) is 2.73. The van der Waals surface area contributed by atoms with E-state index in [-0.39, 0.29) is 0 Å². The van der Waals surface area contributed by atoms with Gasteiger partial charge in [-0.3, -0.25) is 0 Å². The number of benzene rings is 1. The first-order chi connectivity index (χ1) is 8.72. The molecule has 3 atom stereocenters. The molecule has 1 aliphatic carbocycles. The average Bonchev–Trinajstić information content (AvgIpc) is 2.85. The highest BCUT2D eigenvalue weighted by Crippen LogP contribution is 2.25. The first-order valence-corrected chi connectivity index (χ1v) is 7.08. The van der Waals surface area contributed by atoms with Crippen molar-refractivity contribution in [1.29, 1.82) is 0 Å². The van der Waals surface area contributed by atoms with E-state index in [9.17, 15) is 0 Å². The molecule has 1 aliphatic rings. The minimum Gasteiger partial charge on any atom is -0.381 e. The lowest BCUT2D eigenvalue weighted by Gasteiger charge is -2.22. The first-order valence-electron chi connectivity index (χ1n) is 7.08. The Morgan fingerprint density at radius 2 is 2.00 bits per heavy atom. The van der Waals surface area contributed by atoms with E-state index in [2.05, 4.69) is 43.4 Å². The normalized spacial score (nSPS) is 25.3. The maximum absolute atomic E-state index is 5.44. The van der Waals surface area contributed by atoms with Crippen LogP contribution < -0.4 is 5.32 Å². The second-order valence-corrected chi connectivity index (χ2v) is 5.41. The van der Waals surface area contributed by atoms with Crippen molar-refractivity contribution < 1.29 is 4.74 Å². The molecule has 0 saturated heterocycles. The summed E-state index contributed by atoms with van der Waals surface area (Å²) in [5.74, 6) is 0. The van der Waals surface area contributed by atoms with Crippen LogP contribution in [0, 0.1) is 6.92 Å². The molecule has 18 heavy (non-hydrogen) atoms. The molecule has 0 bridgehead atoms. The number of nitrogens with one attached hydrogen (secondary N) is 1. The van der Waals surface area contributed by atoms with Gasteiger partial charge in [-0.05, 0) is 38.2 Å². The lowest BCUT2D eigenvalue weighted by atomic mass is 10.0. The Morgan fingerprint density at radius 3 is 2.56 bits per heavy atom. The Kier molecular flexibility index (Phi) is 4.79. The van der Waals surface area contributed by atoms with Crippen molar-refractivity contribution in [2.45, 2.75) is 57.7 Å². The lowest BCUT2D eigenvalue weighted by Crippen LogP contribution is -2.31. The summed E-state index contributed by atoms with van der Waals surface area (Å²) in [7, 11) is 1.82. The summed E-state index contributed by atoms with van der Waals surface area (Å²) in [5, 5.41) is 3.79. The molecule has 1 N–H and O–H groups in total. The van der Waals surface area contributed by atoms with Gasteiger partial charge in [-0.15, -0.1) is 0 Å². The molecule has 3 unspecified atom stereocenters. The van der Waals surface area contributed by atoms with E-state index in [4.69, 9.17) is 4.74 Å². The monoisotopic (exact) mass is 247 g/mol. The van der Waals surface area contributed by atoms with Gasteiger partial charge >= 0.3 is 0 Å². The number of hydrogen-bond acceptors (Lipinski definition) is 2. The van der Waals surface area contributed by atoms with Crippen LogP contribution in [0.3, 0.4) is 0 Å². The molecule has 2 heteroatoms. The Bertz CT molecular complexity index is 360. The van der Waals surface area contributed by atoms with Crippen LogP contribution in [-0.2, 0) is 4.74 Å². The molecule has 0 radical (unpaired) electrons. The standard InChI is InChI=1S/C16H25NO/c1-4-16(13-7-5-12(2)6-8-13)17-14-9-10-15(11-14)18-3/h5-8,14-17H,4,9-11H2,1-3H3. The smallest absolute Gasteiger partial charge is 0.0586 e. The molecule has 0 aliphatic heterocycles. The van der Waals surface area contributed by atoms with Gasteiger partial charge in [0, 0.05) is 19.2 Å². The topological polar surface area (TPSA) is 21.3 Å². The SMILES string of the molecule is CCC(NC1CCC(OC)C1)c1ccc(C)cc1. The van der Waals surface area contributed by atoms with E-state index in [1.54, 1.807) is 0 Å². The third-order valence-electron chi connectivity index (χ3n) is 4.04. The van der Waals surface area contributed by atoms with Crippen LogP contribution in [0.4, 0.5) is 0 Å². The summed E-state index contributed by atoms with van der Waals surface area (Å²) < 4.78 is 5.44. The molecular weight excluding hydrogens is 222 g/mol. The van der Waals surface area contributed by atoms with Gasteiger partial charge in [0.1, 0.15) is 0 Å². The Balaban J connectivity index is 1.95. The molecule has 1 saturated carbocycles. The molecule has 1 aromatic rings. The minimum absolute atomic E-state index is 0.457. The fourth-order valence-corrected chi connectivity index (χ4v) is 2.84. The molecule has 100 valence electrons. The number of rotatable bonds is 5. The van der Waals surface area contributed by atoms with Gasteiger partial charge in [-0.25, -0.2) is 0 Å². The van der Waals surface area contributed by atoms with Gasteiger partial charge in [0.05, 0.1) is 6.10 Å². The highest BCUT2D eigenvalue weighted by Gasteiger charge is 2.26. The van der Waals surface area contributed by atoms with Gasteiger partial charge < -0.3 is 10.1 Å². The second kappa shape index (κ2) is 6.35. The summed E-state index contributed by atoms with van der Waals surface area (Å²) in [6, 6.07) is 9.99. The van der Waals surface area contributed by atoms with Crippen molar-refractivity contribution >= 4 is 0 Å². The van der Waals surface area contributed by atoms with Crippen molar-refractivity contribution in [3.8, 4) is 0 Å². The molecule has 1 fully saturated rings. The summed E-state index contributed by atoms with van der Waals surface area (Å²) >= 11 is 0. The molecule has 1 aromatic carbocycles. The summed E-state index contributed by atoms with van der Waals surface area (Å²) in [6.07, 6.45) is 5.17. The summed E-state index contributed by atoms with van der Waals surface area (Å²) in [6.45, 7) is 4.39. The van der Waals surface area contributed by atoms with Gasteiger partial charge in [-0.1, -0.05) is 36.8 Å². The predicted octanol–water partition coefficient (Wildman–Crippen LogP) is 3.60. The number of methoxy groups -OCH3 is 1. The van der Waals surface area contributed by atoms with Crippen LogP contribution in [0.1, 0.15) is 49.8 Å². The Hall–Kier alpha value is -0.860. The third-order valence-corrected chi connectivity index (χ3v) is 4.04. The van der Waals surface area contributed by atoms with Gasteiger partial charge in [0.2, 0.25) is 0 Å². The molecular formula is C16H25NO. The van der Waals surface area contributed by atoms with E-state index in [1.807, 2.05) is 7.11 Å². The van der Waals surface area contributed by atoms with E-state index >= 15 is 0 Å². The van der Waals surface area contributed by atoms with Crippen molar-refractivity contribution in [3.05, 3.63) is 35.4 Å². The Morgan fingerprint density at radius 1 is 1.28 bits per heavy atom. The number of aryl methyl sites for hydroxylation is 1. The van der Waals surface area contributed by atoms with E-state index in [1.165, 1.54) is 24.0 Å². The van der Waals surface area contributed by atoms with E-state index < -0.39 is 0 Å². The highest BCUT2D eigenvalue weighted by atomic mass is 16.5. The van der Waals surface area contributed by atoms with Crippen molar-refractivity contribution in [2.75, 3.05) is 7.11 Å². The van der Waals surface area contributed by atoms with E-state index in [0.717, 1.165) is 12.8 Å². The molecule has 0 heterocycles. The van der Waals surface area contributed by atoms with Gasteiger partial charge in [0.15, 0.2) is 0 Å². The zero-order chi connectivity index (χ0) is 13.0. The molecule has 0 aromatic heterocycles. The average molecular weight is 247 g/mol. The maximum Gasteiger partial charge on any atom is 0.0586 e. The predicted molar refractivity (Wildman–Crippen MR) is 75.8 cm³/mol. The van der Waals surface area contributed by atoms with Crippen LogP contribution in [0.15, 0.2) is 24.3 Å². The van der Waals surface area contributed by atoms with Crippen LogP contribution in [-0.4, -0.2) is 19.3 Å². The number of hydrogen-bond donors (Lipinski definition) is 1. The lowest BCUT2D eigenvalue weighted by molar-refractivity contribution is 0.106. The van der Waals surface area contributed by atoms with Crippen LogP contribution in [0.5, 0.6) is 0 Å². The zero-order valence-electron chi connectivity index (χ0n) is 11.8. The molecule has 0 spiro atoms. The van der Waals surface area contributed by atoms with Gasteiger partial charge in [0.25, 0.3) is 0 Å². The van der Waals surface area contributed by atoms with Crippen LogP contribution in [0.25, 0.3) is 0 Å². The van der Waals surface area contributed by atoms with Crippen LogP contribution in [0.2, 0.25) is 0 Å². The summed E-state index contributed by atoms with van der Waals surface area (Å²) in [4.78, 5) is 0. The number of ether oxygens (including phenoxy) is 1. The highest BCUT2D eigenvalue weighted by molar-refractivity contribution is 5.24. The minimum atomic E-state index is 0.457. The first kappa shape index (κ1) is 13.6. The maximum atomic E-state index is 5.44. The van der Waals surface area contributed by atoms with Gasteiger partial charge in [-0.2, -0.15) is 0 Å². The quantitative estimate of drug-likeness (QED) is 0.858. The molecule has 2 rings (SSSR count). The fraction of sp³-hybridized carbons (Fsp3) is 0.625.